The van der Waals surface area contributed by atoms with E-state index in [0.29, 0.717) is 11.5 Å². The zero-order valence-corrected chi connectivity index (χ0v) is 14.4. The van der Waals surface area contributed by atoms with Gasteiger partial charge in [-0.2, -0.15) is 0 Å². The molecule has 2 rings (SSSR count). The Hall–Kier alpha value is -1.61. The van der Waals surface area contributed by atoms with Crippen molar-refractivity contribution in [1.82, 2.24) is 0 Å². The molecule has 3 N–H and O–H groups in total. The molecule has 0 amide bonds. The van der Waals surface area contributed by atoms with Crippen LogP contribution < -0.4 is 15.2 Å². The van der Waals surface area contributed by atoms with E-state index < -0.39 is 23.2 Å². The normalized spacial score (nSPS) is 18.6. The van der Waals surface area contributed by atoms with Gasteiger partial charge in [-0.15, -0.1) is 12.4 Å². The van der Waals surface area contributed by atoms with Gasteiger partial charge in [-0.05, 0) is 12.0 Å². The van der Waals surface area contributed by atoms with Crippen molar-refractivity contribution in [3.8, 4) is 11.5 Å². The summed E-state index contributed by atoms with van der Waals surface area (Å²) in [4.78, 5) is 10.3. The molecule has 1 aliphatic rings. The zero-order chi connectivity index (χ0) is 17.0. The highest BCUT2D eigenvalue weighted by atomic mass is 35.5. The monoisotopic (exact) mass is 362 g/mol. The van der Waals surface area contributed by atoms with Crippen LogP contribution in [-0.4, -0.2) is 48.1 Å². The Labute approximate surface area is 146 Å². The summed E-state index contributed by atoms with van der Waals surface area (Å²) in [6, 6.07) is 4.21. The van der Waals surface area contributed by atoms with E-state index in [4.69, 9.17) is 19.9 Å². The number of nitrogens with two attached hydrogens (primary N) is 1. The molecule has 0 fully saturated rings. The quantitative estimate of drug-likeness (QED) is 0.557. The highest BCUT2D eigenvalue weighted by Gasteiger charge is 2.27. The number of hydrogen-bond acceptors (Lipinski definition) is 7. The van der Waals surface area contributed by atoms with Crippen LogP contribution in [0, 0.1) is 16.0 Å². The third-order valence-corrected chi connectivity index (χ3v) is 3.61. The third kappa shape index (κ3) is 4.94. The Bertz CT molecular complexity index is 557. The first kappa shape index (κ1) is 20.4. The minimum atomic E-state index is -0.757. The lowest BCUT2D eigenvalue weighted by molar-refractivity contribution is -0.385. The molecule has 1 aromatic rings. The van der Waals surface area contributed by atoms with Crippen molar-refractivity contribution in [1.29, 1.82) is 0 Å². The molecule has 0 aliphatic carbocycles. The van der Waals surface area contributed by atoms with Crippen molar-refractivity contribution in [3.63, 3.8) is 0 Å². The number of hydrogen-bond donors (Lipinski definition) is 2. The van der Waals surface area contributed by atoms with Gasteiger partial charge in [0, 0.05) is 12.6 Å². The van der Waals surface area contributed by atoms with E-state index in [0.717, 1.165) is 0 Å². The average Bonchev–Trinajstić information content (AvgIpc) is 2.53. The Balaban J connectivity index is 0.00000288. The maximum Gasteiger partial charge on any atom is 0.273 e. The Kier molecular flexibility index (Phi) is 7.68. The first-order valence-electron chi connectivity index (χ1n) is 7.50. The fraction of sp³-hybridized carbons (Fsp3) is 0.600. The maximum atomic E-state index is 10.8. The molecule has 0 saturated heterocycles. The minimum Gasteiger partial charge on any atom is -0.486 e. The van der Waals surface area contributed by atoms with Gasteiger partial charge in [0.2, 0.25) is 0 Å². The zero-order valence-electron chi connectivity index (χ0n) is 13.6. The lowest BCUT2D eigenvalue weighted by atomic mass is 10.0. The van der Waals surface area contributed by atoms with Crippen molar-refractivity contribution in [2.75, 3.05) is 19.8 Å². The third-order valence-electron chi connectivity index (χ3n) is 3.61. The fourth-order valence-electron chi connectivity index (χ4n) is 2.40. The van der Waals surface area contributed by atoms with Gasteiger partial charge in [0.1, 0.15) is 6.61 Å². The highest BCUT2D eigenvalue weighted by molar-refractivity contribution is 5.85. The summed E-state index contributed by atoms with van der Waals surface area (Å²) < 4.78 is 17.0. The van der Waals surface area contributed by atoms with E-state index in [2.05, 4.69) is 0 Å². The number of fused-ring (bicyclic) bond motifs is 1. The minimum absolute atomic E-state index is 0. The van der Waals surface area contributed by atoms with Gasteiger partial charge in [0.15, 0.2) is 17.6 Å². The highest BCUT2D eigenvalue weighted by Crippen LogP contribution is 2.35. The molecule has 136 valence electrons. The summed E-state index contributed by atoms with van der Waals surface area (Å²) in [6.07, 6.45) is -1.57. The number of ether oxygens (including phenoxy) is 3. The largest absolute Gasteiger partial charge is 0.486 e. The maximum absolute atomic E-state index is 10.8. The number of nitro groups is 1. The number of aliphatic hydroxyl groups is 1. The number of halogens is 1. The molecule has 8 nitrogen and oxygen atoms in total. The predicted molar refractivity (Wildman–Crippen MR) is 89.9 cm³/mol. The van der Waals surface area contributed by atoms with Crippen molar-refractivity contribution in [3.05, 3.63) is 28.3 Å². The van der Waals surface area contributed by atoms with Crippen LogP contribution in [0.5, 0.6) is 11.5 Å². The van der Waals surface area contributed by atoms with Crippen LogP contribution in [0.25, 0.3) is 0 Å². The molecule has 0 radical (unpaired) electrons. The Morgan fingerprint density at radius 3 is 2.75 bits per heavy atom. The second kappa shape index (κ2) is 9.03. The molecule has 9 heteroatoms. The van der Waals surface area contributed by atoms with Crippen LogP contribution in [0.1, 0.15) is 13.8 Å². The molecule has 3 unspecified atom stereocenters. The lowest BCUT2D eigenvalue weighted by Crippen LogP contribution is -2.42. The van der Waals surface area contributed by atoms with Gasteiger partial charge in [0.25, 0.3) is 5.69 Å². The molecule has 0 spiro atoms. The summed E-state index contributed by atoms with van der Waals surface area (Å²) in [7, 11) is 0. The Morgan fingerprint density at radius 1 is 1.46 bits per heavy atom. The number of non-ortho nitro benzene ring substituents is 1. The summed E-state index contributed by atoms with van der Waals surface area (Å²) in [5.41, 5.74) is 5.42. The molecule has 24 heavy (non-hydrogen) atoms. The molecular weight excluding hydrogens is 340 g/mol. The molecule has 0 bridgehead atoms. The van der Waals surface area contributed by atoms with Crippen LogP contribution in [0.2, 0.25) is 0 Å². The molecule has 3 atom stereocenters. The summed E-state index contributed by atoms with van der Waals surface area (Å²) in [5, 5.41) is 20.7. The number of aliphatic hydroxyl groups excluding tert-OH is 1. The van der Waals surface area contributed by atoms with Crippen molar-refractivity contribution < 1.29 is 24.2 Å². The van der Waals surface area contributed by atoms with E-state index in [1.165, 1.54) is 18.2 Å². The average molecular weight is 363 g/mol. The van der Waals surface area contributed by atoms with Crippen molar-refractivity contribution in [2.45, 2.75) is 32.2 Å². The second-order valence-corrected chi connectivity index (χ2v) is 5.78. The summed E-state index contributed by atoms with van der Waals surface area (Å²) >= 11 is 0. The Morgan fingerprint density at radius 2 is 2.17 bits per heavy atom. The van der Waals surface area contributed by atoms with Gasteiger partial charge in [0.05, 0.1) is 29.8 Å². The van der Waals surface area contributed by atoms with E-state index >= 15 is 0 Å². The van der Waals surface area contributed by atoms with Crippen LogP contribution in [0.3, 0.4) is 0 Å². The lowest BCUT2D eigenvalue weighted by Gasteiger charge is -2.30. The first-order valence-corrected chi connectivity index (χ1v) is 7.50. The SMILES string of the molecule is CC(C)C(OCC1COc2ccc([N+](=O)[O-])cc2O1)C(O)CN.Cl. The number of benzene rings is 1. The van der Waals surface area contributed by atoms with E-state index in [9.17, 15) is 15.2 Å². The van der Waals surface area contributed by atoms with Crippen LogP contribution in [-0.2, 0) is 4.74 Å². The van der Waals surface area contributed by atoms with Crippen LogP contribution in [0.4, 0.5) is 5.69 Å². The molecule has 0 aromatic heterocycles. The molecule has 1 aromatic carbocycles. The van der Waals surface area contributed by atoms with Gasteiger partial charge in [-0.3, -0.25) is 10.1 Å². The van der Waals surface area contributed by atoms with Gasteiger partial charge < -0.3 is 25.1 Å². The van der Waals surface area contributed by atoms with Crippen molar-refractivity contribution in [2.24, 2.45) is 11.7 Å². The van der Waals surface area contributed by atoms with Gasteiger partial charge >= 0.3 is 0 Å². The number of rotatable bonds is 7. The molecule has 0 saturated carbocycles. The summed E-state index contributed by atoms with van der Waals surface area (Å²) in [5.74, 6) is 0.875. The van der Waals surface area contributed by atoms with Gasteiger partial charge in [-0.25, -0.2) is 0 Å². The first-order chi connectivity index (χ1) is 10.9. The van der Waals surface area contributed by atoms with E-state index in [1.807, 2.05) is 13.8 Å². The van der Waals surface area contributed by atoms with Crippen LogP contribution in [0.15, 0.2) is 18.2 Å². The number of nitro benzene ring substituents is 1. The smallest absolute Gasteiger partial charge is 0.273 e. The standard InChI is InChI=1S/C15H22N2O6.ClH/c1-9(2)15(12(18)6-16)22-8-11-7-21-13-4-3-10(17(19)20)5-14(13)23-11;/h3-5,9,11-12,15,18H,6-8,16H2,1-2H3;1H. The fourth-order valence-corrected chi connectivity index (χ4v) is 2.40. The van der Waals surface area contributed by atoms with Crippen LogP contribution >= 0.6 is 12.4 Å². The molecule has 1 aliphatic heterocycles. The molecular formula is C15H23ClN2O6. The second-order valence-electron chi connectivity index (χ2n) is 5.78. The topological polar surface area (TPSA) is 117 Å². The van der Waals surface area contributed by atoms with Gasteiger partial charge in [-0.1, -0.05) is 13.8 Å². The number of nitrogens with zero attached hydrogens (tertiary/aromatic N) is 1. The van der Waals surface area contributed by atoms with E-state index in [-0.39, 0.29) is 43.8 Å². The summed E-state index contributed by atoms with van der Waals surface area (Å²) in [6.45, 7) is 4.44. The predicted octanol–water partition coefficient (Wildman–Crippen LogP) is 1.52. The molecule has 1 heterocycles. The van der Waals surface area contributed by atoms with Crippen molar-refractivity contribution >= 4 is 18.1 Å². The van der Waals surface area contributed by atoms with E-state index in [1.54, 1.807) is 0 Å².